The minimum absolute atomic E-state index is 0.0783. The number of methoxy groups -OCH3 is 1. The normalized spacial score (nSPS) is 21.9. The second-order valence-electron chi connectivity index (χ2n) is 3.37. The number of oxazole rings is 1. The largest absolute Gasteiger partial charge is 0.432 e. The summed E-state index contributed by atoms with van der Waals surface area (Å²) < 4.78 is 10.5. The van der Waals surface area contributed by atoms with Crippen LogP contribution in [0.1, 0.15) is 12.1 Å². The first-order valence-corrected chi connectivity index (χ1v) is 4.66. The third-order valence-electron chi connectivity index (χ3n) is 2.45. The van der Waals surface area contributed by atoms with Crippen LogP contribution < -0.4 is 4.90 Å². The van der Waals surface area contributed by atoms with Crippen LogP contribution in [0, 0.1) is 0 Å². The zero-order valence-corrected chi connectivity index (χ0v) is 8.14. The Labute approximate surface area is 82.3 Å². The smallest absolute Gasteiger partial charge is 0.297 e. The average Bonchev–Trinajstić information content (AvgIpc) is 2.86. The van der Waals surface area contributed by atoms with Crippen LogP contribution in [-0.2, 0) is 11.3 Å². The number of aromatic nitrogens is 1. The molecule has 1 unspecified atom stereocenters. The van der Waals surface area contributed by atoms with E-state index in [2.05, 4.69) is 4.98 Å². The van der Waals surface area contributed by atoms with Crippen molar-refractivity contribution in [3.8, 4) is 0 Å². The summed E-state index contributed by atoms with van der Waals surface area (Å²) >= 11 is 0. The van der Waals surface area contributed by atoms with Crippen LogP contribution in [0.15, 0.2) is 10.7 Å². The Hall–Kier alpha value is -1.07. The van der Waals surface area contributed by atoms with Gasteiger partial charge in [-0.05, 0) is 6.42 Å². The van der Waals surface area contributed by atoms with Gasteiger partial charge in [0.2, 0.25) is 0 Å². The van der Waals surface area contributed by atoms with Crippen LogP contribution in [0.2, 0.25) is 0 Å². The molecule has 14 heavy (non-hydrogen) atoms. The molecule has 1 aliphatic heterocycles. The summed E-state index contributed by atoms with van der Waals surface area (Å²) in [6.07, 6.45) is 2.74. The van der Waals surface area contributed by atoms with E-state index in [1.54, 1.807) is 7.11 Å². The minimum Gasteiger partial charge on any atom is -0.432 e. The van der Waals surface area contributed by atoms with Crippen LogP contribution in [0.5, 0.6) is 0 Å². The quantitative estimate of drug-likeness (QED) is 0.761. The Morgan fingerprint density at radius 2 is 2.64 bits per heavy atom. The van der Waals surface area contributed by atoms with Crippen LogP contribution >= 0.6 is 0 Å². The highest BCUT2D eigenvalue weighted by atomic mass is 16.5. The van der Waals surface area contributed by atoms with E-state index in [1.807, 2.05) is 4.90 Å². The predicted molar refractivity (Wildman–Crippen MR) is 50.1 cm³/mol. The van der Waals surface area contributed by atoms with Gasteiger partial charge in [0.25, 0.3) is 6.01 Å². The van der Waals surface area contributed by atoms with Crippen molar-refractivity contribution in [1.82, 2.24) is 4.98 Å². The highest BCUT2D eigenvalue weighted by molar-refractivity contribution is 5.29. The zero-order valence-electron chi connectivity index (χ0n) is 8.14. The molecule has 1 saturated heterocycles. The van der Waals surface area contributed by atoms with E-state index in [9.17, 15) is 0 Å². The van der Waals surface area contributed by atoms with Gasteiger partial charge in [-0.2, -0.15) is 4.98 Å². The Kier molecular flexibility index (Phi) is 2.69. The van der Waals surface area contributed by atoms with E-state index in [0.717, 1.165) is 19.5 Å². The second kappa shape index (κ2) is 3.98. The van der Waals surface area contributed by atoms with E-state index in [0.29, 0.717) is 11.7 Å². The van der Waals surface area contributed by atoms with Crippen molar-refractivity contribution in [2.24, 2.45) is 0 Å². The molecule has 5 nitrogen and oxygen atoms in total. The van der Waals surface area contributed by atoms with E-state index in [-0.39, 0.29) is 12.7 Å². The monoisotopic (exact) mass is 198 g/mol. The molecule has 0 radical (unpaired) electrons. The summed E-state index contributed by atoms with van der Waals surface area (Å²) in [5.74, 6) is 0. The molecule has 2 heterocycles. The number of ether oxygens (including phenoxy) is 1. The lowest BCUT2D eigenvalue weighted by atomic mass is 10.3. The van der Waals surface area contributed by atoms with Crippen molar-refractivity contribution in [2.45, 2.75) is 19.1 Å². The first kappa shape index (κ1) is 9.48. The van der Waals surface area contributed by atoms with E-state index >= 15 is 0 Å². The molecule has 1 N–H and O–H groups in total. The molecule has 0 bridgehead atoms. The van der Waals surface area contributed by atoms with Crippen LogP contribution in [0.4, 0.5) is 6.01 Å². The molecule has 0 saturated carbocycles. The van der Waals surface area contributed by atoms with Crippen LogP contribution in [0.3, 0.4) is 0 Å². The van der Waals surface area contributed by atoms with Gasteiger partial charge in [-0.25, -0.2) is 0 Å². The van der Waals surface area contributed by atoms with Crippen molar-refractivity contribution in [1.29, 1.82) is 0 Å². The van der Waals surface area contributed by atoms with Crippen LogP contribution in [-0.4, -0.2) is 36.4 Å². The van der Waals surface area contributed by atoms with E-state index in [4.69, 9.17) is 14.3 Å². The average molecular weight is 198 g/mol. The highest BCUT2D eigenvalue weighted by Crippen LogP contribution is 2.20. The first-order valence-electron chi connectivity index (χ1n) is 4.66. The van der Waals surface area contributed by atoms with Crippen molar-refractivity contribution in [3.05, 3.63) is 12.0 Å². The third kappa shape index (κ3) is 1.73. The lowest BCUT2D eigenvalue weighted by Gasteiger charge is -2.12. The first-order chi connectivity index (χ1) is 6.83. The van der Waals surface area contributed by atoms with Gasteiger partial charge in [-0.1, -0.05) is 0 Å². The van der Waals surface area contributed by atoms with Gasteiger partial charge < -0.3 is 19.2 Å². The fraction of sp³-hybridized carbons (Fsp3) is 0.667. The molecule has 5 heteroatoms. The Morgan fingerprint density at radius 3 is 3.21 bits per heavy atom. The maximum atomic E-state index is 8.83. The Bertz CT molecular complexity index is 300. The van der Waals surface area contributed by atoms with Crippen molar-refractivity contribution in [3.63, 3.8) is 0 Å². The molecule has 1 aliphatic rings. The summed E-state index contributed by atoms with van der Waals surface area (Å²) in [6, 6.07) is 0.577. The van der Waals surface area contributed by atoms with E-state index < -0.39 is 0 Å². The molecule has 0 aliphatic carbocycles. The highest BCUT2D eigenvalue weighted by Gasteiger charge is 2.25. The summed E-state index contributed by atoms with van der Waals surface area (Å²) in [5.41, 5.74) is 0.570. The van der Waals surface area contributed by atoms with Gasteiger partial charge in [-0.3, -0.25) is 0 Å². The number of hydrogen-bond acceptors (Lipinski definition) is 5. The number of aliphatic hydroxyl groups excluding tert-OH is 1. The SMILES string of the molecule is COC1CCN(c2nc(CO)co2)C1. The zero-order chi connectivity index (χ0) is 9.97. The van der Waals surface area contributed by atoms with Crippen LogP contribution in [0.25, 0.3) is 0 Å². The molecule has 0 spiro atoms. The Balaban J connectivity index is 2.02. The van der Waals surface area contributed by atoms with Gasteiger partial charge in [-0.15, -0.1) is 0 Å². The standard InChI is InChI=1S/C9H14N2O3/c1-13-8-2-3-11(4-8)9-10-7(5-12)6-14-9/h6,8,12H,2-5H2,1H3. The number of nitrogens with zero attached hydrogens (tertiary/aromatic N) is 2. The maximum Gasteiger partial charge on any atom is 0.297 e. The molecule has 1 atom stereocenters. The lowest BCUT2D eigenvalue weighted by molar-refractivity contribution is 0.121. The number of aliphatic hydroxyl groups is 1. The summed E-state index contributed by atoms with van der Waals surface area (Å²) in [4.78, 5) is 6.15. The second-order valence-corrected chi connectivity index (χ2v) is 3.37. The molecular weight excluding hydrogens is 184 g/mol. The molecular formula is C9H14N2O3. The van der Waals surface area contributed by atoms with E-state index in [1.165, 1.54) is 6.26 Å². The molecule has 0 amide bonds. The molecule has 1 aromatic heterocycles. The molecule has 2 rings (SSSR count). The molecule has 78 valence electrons. The van der Waals surface area contributed by atoms with Crippen molar-refractivity contribution in [2.75, 3.05) is 25.1 Å². The number of anilines is 1. The fourth-order valence-corrected chi connectivity index (χ4v) is 1.61. The summed E-state index contributed by atoms with van der Waals surface area (Å²) in [7, 11) is 1.71. The summed E-state index contributed by atoms with van der Waals surface area (Å²) in [6.45, 7) is 1.62. The third-order valence-corrected chi connectivity index (χ3v) is 2.45. The van der Waals surface area contributed by atoms with Gasteiger partial charge >= 0.3 is 0 Å². The molecule has 0 aromatic carbocycles. The van der Waals surface area contributed by atoms with Gasteiger partial charge in [0, 0.05) is 20.2 Å². The van der Waals surface area contributed by atoms with Gasteiger partial charge in [0.05, 0.1) is 12.7 Å². The molecule has 1 fully saturated rings. The molecule has 1 aromatic rings. The predicted octanol–water partition coefficient (Wildman–Crippen LogP) is 0.392. The summed E-state index contributed by atoms with van der Waals surface area (Å²) in [5, 5.41) is 8.83. The van der Waals surface area contributed by atoms with Crippen molar-refractivity contribution >= 4 is 6.01 Å². The topological polar surface area (TPSA) is 58.7 Å². The Morgan fingerprint density at radius 1 is 1.79 bits per heavy atom. The minimum atomic E-state index is -0.0783. The fourth-order valence-electron chi connectivity index (χ4n) is 1.61. The van der Waals surface area contributed by atoms with Crippen molar-refractivity contribution < 1.29 is 14.3 Å². The van der Waals surface area contributed by atoms with Gasteiger partial charge in [0.15, 0.2) is 0 Å². The van der Waals surface area contributed by atoms with Gasteiger partial charge in [0.1, 0.15) is 12.0 Å². The number of rotatable bonds is 3. The lowest BCUT2D eigenvalue weighted by Crippen LogP contribution is -2.22. The number of hydrogen-bond donors (Lipinski definition) is 1. The maximum absolute atomic E-state index is 8.83.